The lowest BCUT2D eigenvalue weighted by molar-refractivity contribution is 0.0689. The molecule has 90 valence electrons. The van der Waals surface area contributed by atoms with Gasteiger partial charge < -0.3 is 10.0 Å². The van der Waals surface area contributed by atoms with Crippen LogP contribution in [0.3, 0.4) is 0 Å². The van der Waals surface area contributed by atoms with Crippen LogP contribution in [0, 0.1) is 12.3 Å². The van der Waals surface area contributed by atoms with Crippen LogP contribution in [0.4, 0.5) is 5.69 Å². The maximum atomic E-state index is 11.3. The molecule has 0 amide bonds. The number of carbonyl (C=O) groups is 1. The minimum Gasteiger partial charge on any atom is -0.478 e. The van der Waals surface area contributed by atoms with Crippen molar-refractivity contribution in [2.45, 2.75) is 26.2 Å². The number of hydrogen-bond donors (Lipinski definition) is 1. The van der Waals surface area contributed by atoms with E-state index in [1.165, 1.54) is 19.3 Å². The first-order valence-electron chi connectivity index (χ1n) is 6.19. The number of carboxylic acid groups (broad SMARTS) is 1. The normalized spacial score (nSPS) is 20.9. The molecule has 17 heavy (non-hydrogen) atoms. The van der Waals surface area contributed by atoms with E-state index in [2.05, 4.69) is 4.90 Å². The Kier molecular flexibility index (Phi) is 2.18. The van der Waals surface area contributed by atoms with Crippen molar-refractivity contribution in [1.82, 2.24) is 0 Å². The van der Waals surface area contributed by atoms with E-state index in [0.29, 0.717) is 11.0 Å². The van der Waals surface area contributed by atoms with Crippen molar-refractivity contribution < 1.29 is 9.90 Å². The number of nitrogens with zero attached hydrogens (tertiary/aromatic N) is 1. The molecule has 1 saturated heterocycles. The van der Waals surface area contributed by atoms with Gasteiger partial charge in [-0.05, 0) is 31.4 Å². The Balaban J connectivity index is 1.88. The quantitative estimate of drug-likeness (QED) is 0.850. The molecular weight excluding hydrogens is 214 g/mol. The van der Waals surface area contributed by atoms with E-state index in [-0.39, 0.29) is 0 Å². The van der Waals surface area contributed by atoms with Gasteiger partial charge in [0.1, 0.15) is 0 Å². The van der Waals surface area contributed by atoms with Crippen LogP contribution in [0.5, 0.6) is 0 Å². The summed E-state index contributed by atoms with van der Waals surface area (Å²) in [5, 5.41) is 9.29. The maximum Gasteiger partial charge on any atom is 0.338 e. The predicted octanol–water partition coefficient (Wildman–Crippen LogP) is 2.68. The molecule has 2 aliphatic rings. The Labute approximate surface area is 101 Å². The minimum absolute atomic E-state index is 0.474. The lowest BCUT2D eigenvalue weighted by Gasteiger charge is -2.57. The highest BCUT2D eigenvalue weighted by Crippen LogP contribution is 2.50. The topological polar surface area (TPSA) is 40.5 Å². The lowest BCUT2D eigenvalue weighted by Crippen LogP contribution is -2.60. The van der Waals surface area contributed by atoms with Gasteiger partial charge in [-0.3, -0.25) is 0 Å². The van der Waals surface area contributed by atoms with Crippen LogP contribution in [0.25, 0.3) is 0 Å². The first-order chi connectivity index (χ1) is 8.11. The highest BCUT2D eigenvalue weighted by molar-refractivity contribution is 5.96. The van der Waals surface area contributed by atoms with Crippen LogP contribution < -0.4 is 4.90 Å². The molecule has 1 aliphatic carbocycles. The maximum absolute atomic E-state index is 11.3. The second-order valence-corrected chi connectivity index (χ2v) is 5.48. The number of benzene rings is 1. The fraction of sp³-hybridized carbons (Fsp3) is 0.500. The van der Waals surface area contributed by atoms with Crippen LogP contribution in [-0.2, 0) is 0 Å². The number of rotatable bonds is 2. The second kappa shape index (κ2) is 3.49. The number of aryl methyl sites for hydroxylation is 1. The summed E-state index contributed by atoms with van der Waals surface area (Å²) in [6.45, 7) is 3.94. The van der Waals surface area contributed by atoms with E-state index >= 15 is 0 Å². The van der Waals surface area contributed by atoms with Gasteiger partial charge in [0.15, 0.2) is 0 Å². The van der Waals surface area contributed by atoms with Crippen molar-refractivity contribution in [2.75, 3.05) is 18.0 Å². The molecule has 0 unspecified atom stereocenters. The Morgan fingerprint density at radius 2 is 2.06 bits per heavy atom. The van der Waals surface area contributed by atoms with Crippen LogP contribution in [-0.4, -0.2) is 24.2 Å². The average Bonchev–Trinajstić information content (AvgIpc) is 2.12. The van der Waals surface area contributed by atoms with E-state index in [4.69, 9.17) is 0 Å². The van der Waals surface area contributed by atoms with Crippen molar-refractivity contribution >= 4 is 11.7 Å². The molecule has 1 heterocycles. The number of aromatic carboxylic acids is 1. The highest BCUT2D eigenvalue weighted by atomic mass is 16.4. The van der Waals surface area contributed by atoms with E-state index in [1.54, 1.807) is 0 Å². The third-order valence-corrected chi connectivity index (χ3v) is 4.27. The lowest BCUT2D eigenvalue weighted by atomic mass is 9.63. The van der Waals surface area contributed by atoms with Gasteiger partial charge in [-0.1, -0.05) is 18.6 Å². The van der Waals surface area contributed by atoms with Gasteiger partial charge in [0, 0.05) is 18.5 Å². The molecule has 1 spiro atoms. The Morgan fingerprint density at radius 3 is 2.59 bits per heavy atom. The summed E-state index contributed by atoms with van der Waals surface area (Å²) in [7, 11) is 0. The first-order valence-corrected chi connectivity index (χ1v) is 6.19. The Morgan fingerprint density at radius 1 is 1.35 bits per heavy atom. The van der Waals surface area contributed by atoms with Crippen molar-refractivity contribution in [3.05, 3.63) is 29.3 Å². The third-order valence-electron chi connectivity index (χ3n) is 4.27. The molecule has 3 nitrogen and oxygen atoms in total. The summed E-state index contributed by atoms with van der Waals surface area (Å²) in [5.41, 5.74) is 2.75. The molecule has 1 saturated carbocycles. The Hall–Kier alpha value is -1.51. The molecule has 3 heteroatoms. The molecule has 1 aliphatic heterocycles. The van der Waals surface area contributed by atoms with Crippen molar-refractivity contribution in [1.29, 1.82) is 0 Å². The molecular formula is C14H17NO2. The van der Waals surface area contributed by atoms with Crippen molar-refractivity contribution in [2.24, 2.45) is 5.41 Å². The van der Waals surface area contributed by atoms with Gasteiger partial charge in [0.05, 0.1) is 11.3 Å². The smallest absolute Gasteiger partial charge is 0.338 e. The summed E-state index contributed by atoms with van der Waals surface area (Å²) in [5.74, 6) is -0.812. The zero-order valence-electron chi connectivity index (χ0n) is 10.1. The average molecular weight is 231 g/mol. The summed E-state index contributed by atoms with van der Waals surface area (Å²) in [6, 6.07) is 5.75. The molecule has 1 aromatic rings. The molecule has 3 rings (SSSR count). The van der Waals surface area contributed by atoms with E-state index in [0.717, 1.165) is 24.3 Å². The van der Waals surface area contributed by atoms with E-state index < -0.39 is 5.97 Å². The highest BCUT2D eigenvalue weighted by Gasteiger charge is 2.47. The van der Waals surface area contributed by atoms with Gasteiger partial charge in [0.2, 0.25) is 0 Å². The van der Waals surface area contributed by atoms with E-state index in [1.807, 2.05) is 25.1 Å². The van der Waals surface area contributed by atoms with Gasteiger partial charge in [-0.15, -0.1) is 0 Å². The van der Waals surface area contributed by atoms with Gasteiger partial charge in [0.25, 0.3) is 0 Å². The summed E-state index contributed by atoms with van der Waals surface area (Å²) in [4.78, 5) is 13.5. The second-order valence-electron chi connectivity index (χ2n) is 5.48. The molecule has 1 aromatic carbocycles. The van der Waals surface area contributed by atoms with Gasteiger partial charge >= 0.3 is 5.97 Å². The van der Waals surface area contributed by atoms with Crippen molar-refractivity contribution in [3.63, 3.8) is 0 Å². The van der Waals surface area contributed by atoms with Crippen LogP contribution in [0.15, 0.2) is 18.2 Å². The Bertz CT molecular complexity index is 469. The minimum atomic E-state index is -0.812. The zero-order valence-corrected chi connectivity index (χ0v) is 10.1. The van der Waals surface area contributed by atoms with Gasteiger partial charge in [-0.2, -0.15) is 0 Å². The predicted molar refractivity (Wildman–Crippen MR) is 66.6 cm³/mol. The zero-order chi connectivity index (χ0) is 12.0. The number of hydrogen-bond acceptors (Lipinski definition) is 2. The van der Waals surface area contributed by atoms with E-state index in [9.17, 15) is 9.90 Å². The SMILES string of the molecule is Cc1cccc(N2CC3(CCC3)C2)c1C(=O)O. The fourth-order valence-electron chi connectivity index (χ4n) is 3.12. The number of carboxylic acids is 1. The number of anilines is 1. The summed E-state index contributed by atoms with van der Waals surface area (Å²) in [6.07, 6.45) is 3.98. The van der Waals surface area contributed by atoms with Crippen LogP contribution in [0.1, 0.15) is 35.2 Å². The molecule has 2 fully saturated rings. The first kappa shape index (κ1) is 10.6. The standard InChI is InChI=1S/C14H17NO2/c1-10-4-2-5-11(12(10)13(16)17)15-8-14(9-15)6-3-7-14/h2,4-5H,3,6-9H2,1H3,(H,16,17). The largest absolute Gasteiger partial charge is 0.478 e. The molecule has 1 N–H and O–H groups in total. The van der Waals surface area contributed by atoms with Crippen LogP contribution >= 0.6 is 0 Å². The molecule has 0 atom stereocenters. The molecule has 0 aromatic heterocycles. The monoisotopic (exact) mass is 231 g/mol. The fourth-order valence-corrected chi connectivity index (χ4v) is 3.12. The third kappa shape index (κ3) is 1.53. The summed E-state index contributed by atoms with van der Waals surface area (Å²) < 4.78 is 0. The van der Waals surface area contributed by atoms with Crippen molar-refractivity contribution in [3.8, 4) is 0 Å². The molecule has 0 bridgehead atoms. The van der Waals surface area contributed by atoms with Crippen LogP contribution in [0.2, 0.25) is 0 Å². The molecule has 0 radical (unpaired) electrons. The summed E-state index contributed by atoms with van der Waals surface area (Å²) >= 11 is 0. The van der Waals surface area contributed by atoms with Gasteiger partial charge in [-0.25, -0.2) is 4.79 Å².